The third-order valence-electron chi connectivity index (χ3n) is 3.56. The molecule has 0 aliphatic heterocycles. The number of anilines is 1. The van der Waals surface area contributed by atoms with Crippen molar-refractivity contribution in [2.45, 2.75) is 27.2 Å². The molecule has 3 heterocycles. The number of aryl methyl sites for hydroxylation is 2. The summed E-state index contributed by atoms with van der Waals surface area (Å²) in [6.07, 6.45) is 2.67. The second kappa shape index (κ2) is 5.16. The third kappa shape index (κ3) is 2.24. The molecule has 0 saturated carbocycles. The maximum Gasteiger partial charge on any atom is 0.183 e. The summed E-state index contributed by atoms with van der Waals surface area (Å²) >= 11 is 0. The zero-order valence-electron chi connectivity index (χ0n) is 12.7. The van der Waals surface area contributed by atoms with E-state index in [0.717, 1.165) is 41.3 Å². The van der Waals surface area contributed by atoms with Crippen molar-refractivity contribution in [2.24, 2.45) is 7.05 Å². The van der Waals surface area contributed by atoms with Crippen LogP contribution in [0.15, 0.2) is 6.33 Å². The average Bonchev–Trinajstić information content (AvgIpc) is 3.01. The van der Waals surface area contributed by atoms with Gasteiger partial charge in [-0.3, -0.25) is 4.68 Å². The van der Waals surface area contributed by atoms with E-state index >= 15 is 0 Å². The van der Waals surface area contributed by atoms with Crippen molar-refractivity contribution in [1.82, 2.24) is 29.7 Å². The van der Waals surface area contributed by atoms with Crippen LogP contribution in [0, 0.1) is 13.8 Å². The number of rotatable bonds is 4. The summed E-state index contributed by atoms with van der Waals surface area (Å²) in [5.41, 5.74) is 4.45. The highest BCUT2D eigenvalue weighted by atomic mass is 15.3. The molecular weight excluding hydrogens is 266 g/mol. The van der Waals surface area contributed by atoms with Crippen LogP contribution < -0.4 is 5.32 Å². The molecule has 0 radical (unpaired) electrons. The van der Waals surface area contributed by atoms with Crippen molar-refractivity contribution in [3.8, 4) is 11.4 Å². The second-order valence-electron chi connectivity index (χ2n) is 5.09. The topological polar surface area (TPSA) is 84.3 Å². The second-order valence-corrected chi connectivity index (χ2v) is 5.09. The first-order valence-corrected chi connectivity index (χ1v) is 7.07. The Morgan fingerprint density at radius 2 is 2.10 bits per heavy atom. The Morgan fingerprint density at radius 1 is 1.29 bits per heavy atom. The van der Waals surface area contributed by atoms with Crippen LogP contribution in [0.25, 0.3) is 22.6 Å². The Bertz CT molecular complexity index is 784. The molecule has 3 rings (SSSR count). The van der Waals surface area contributed by atoms with Crippen LogP contribution in [0.5, 0.6) is 0 Å². The molecule has 0 fully saturated rings. The largest absolute Gasteiger partial charge is 0.368 e. The van der Waals surface area contributed by atoms with Crippen LogP contribution in [0.1, 0.15) is 24.7 Å². The minimum Gasteiger partial charge on any atom is -0.368 e. The number of nitrogens with zero attached hydrogens (tertiary/aromatic N) is 5. The van der Waals surface area contributed by atoms with Crippen LogP contribution in [-0.2, 0) is 7.05 Å². The molecule has 110 valence electrons. The molecule has 0 bridgehead atoms. The highest BCUT2D eigenvalue weighted by molar-refractivity contribution is 5.84. The Balaban J connectivity index is 2.18. The molecule has 0 amide bonds. The normalized spacial score (nSPS) is 11.2. The first-order chi connectivity index (χ1) is 10.1. The van der Waals surface area contributed by atoms with Gasteiger partial charge in [-0.15, -0.1) is 0 Å². The van der Waals surface area contributed by atoms with Gasteiger partial charge in [-0.2, -0.15) is 5.10 Å². The van der Waals surface area contributed by atoms with Crippen molar-refractivity contribution in [1.29, 1.82) is 0 Å². The molecule has 0 atom stereocenters. The quantitative estimate of drug-likeness (QED) is 0.767. The Hall–Kier alpha value is -2.44. The summed E-state index contributed by atoms with van der Waals surface area (Å²) in [5, 5.41) is 7.76. The maximum absolute atomic E-state index is 4.67. The molecule has 0 saturated heterocycles. The highest BCUT2D eigenvalue weighted by Gasteiger charge is 2.17. The van der Waals surface area contributed by atoms with Crippen molar-refractivity contribution < 1.29 is 0 Å². The van der Waals surface area contributed by atoms with Crippen molar-refractivity contribution in [3.63, 3.8) is 0 Å². The first kappa shape index (κ1) is 13.5. The number of fused-ring (bicyclic) bond motifs is 1. The van der Waals surface area contributed by atoms with E-state index in [1.165, 1.54) is 0 Å². The molecule has 0 unspecified atom stereocenters. The number of nitrogens with one attached hydrogen (secondary N) is 2. The molecular formula is C14H19N7. The van der Waals surface area contributed by atoms with E-state index in [-0.39, 0.29) is 0 Å². The van der Waals surface area contributed by atoms with Gasteiger partial charge in [-0.05, 0) is 20.3 Å². The fourth-order valence-corrected chi connectivity index (χ4v) is 2.41. The lowest BCUT2D eigenvalue weighted by atomic mass is 10.2. The summed E-state index contributed by atoms with van der Waals surface area (Å²) < 4.78 is 1.85. The molecule has 7 nitrogen and oxygen atoms in total. The zero-order chi connectivity index (χ0) is 15.0. The SMILES string of the molecule is CCCNc1nc(-c2c(C)nn(C)c2C)nc2nc[nH]c12. The number of aromatic nitrogens is 6. The highest BCUT2D eigenvalue weighted by Crippen LogP contribution is 2.27. The van der Waals surface area contributed by atoms with Gasteiger partial charge in [0, 0.05) is 19.3 Å². The minimum absolute atomic E-state index is 0.663. The molecule has 3 aromatic heterocycles. The van der Waals surface area contributed by atoms with Crippen molar-refractivity contribution in [3.05, 3.63) is 17.7 Å². The van der Waals surface area contributed by atoms with Crippen LogP contribution in [0.2, 0.25) is 0 Å². The lowest BCUT2D eigenvalue weighted by Crippen LogP contribution is -2.05. The van der Waals surface area contributed by atoms with E-state index in [1.54, 1.807) is 6.33 Å². The molecule has 2 N–H and O–H groups in total. The van der Waals surface area contributed by atoms with Crippen LogP contribution in [-0.4, -0.2) is 36.3 Å². The van der Waals surface area contributed by atoms with Crippen LogP contribution in [0.3, 0.4) is 0 Å². The smallest absolute Gasteiger partial charge is 0.183 e. The van der Waals surface area contributed by atoms with Gasteiger partial charge in [0.1, 0.15) is 5.52 Å². The molecule has 7 heteroatoms. The van der Waals surface area contributed by atoms with Gasteiger partial charge in [0.05, 0.1) is 17.6 Å². The van der Waals surface area contributed by atoms with Crippen LogP contribution in [0.4, 0.5) is 5.82 Å². The van der Waals surface area contributed by atoms with Gasteiger partial charge in [-0.25, -0.2) is 15.0 Å². The summed E-state index contributed by atoms with van der Waals surface area (Å²) in [6, 6.07) is 0. The fourth-order valence-electron chi connectivity index (χ4n) is 2.41. The van der Waals surface area contributed by atoms with Gasteiger partial charge < -0.3 is 10.3 Å². The number of hydrogen-bond acceptors (Lipinski definition) is 5. The monoisotopic (exact) mass is 285 g/mol. The Morgan fingerprint density at radius 3 is 2.76 bits per heavy atom. The molecule has 0 aliphatic rings. The lowest BCUT2D eigenvalue weighted by Gasteiger charge is -2.07. The molecule has 0 aliphatic carbocycles. The summed E-state index contributed by atoms with van der Waals surface area (Å²) in [6.45, 7) is 6.97. The first-order valence-electron chi connectivity index (χ1n) is 7.07. The van der Waals surface area contributed by atoms with E-state index in [2.05, 4.69) is 37.3 Å². The van der Waals surface area contributed by atoms with Crippen molar-refractivity contribution >= 4 is 17.0 Å². The van der Waals surface area contributed by atoms with Gasteiger partial charge >= 0.3 is 0 Å². The number of hydrogen-bond donors (Lipinski definition) is 2. The molecule has 0 aromatic carbocycles. The summed E-state index contributed by atoms with van der Waals surface area (Å²) in [7, 11) is 1.93. The van der Waals surface area contributed by atoms with Crippen LogP contribution >= 0.6 is 0 Å². The Kier molecular flexibility index (Phi) is 3.32. The van der Waals surface area contributed by atoms with E-state index in [4.69, 9.17) is 0 Å². The standard InChI is InChI=1S/C14H19N7/c1-5-6-15-13-11-14(17-7-16-11)19-12(18-13)10-8(2)20-21(4)9(10)3/h7H,5-6H2,1-4H3,(H2,15,16,17,18,19). The predicted octanol–water partition coefficient (Wildman–Crippen LogP) is 2.19. The van der Waals surface area contributed by atoms with E-state index in [1.807, 2.05) is 25.6 Å². The Labute approximate surface area is 122 Å². The average molecular weight is 285 g/mol. The van der Waals surface area contributed by atoms with Gasteiger partial charge in [0.15, 0.2) is 17.3 Å². The summed E-state index contributed by atoms with van der Waals surface area (Å²) in [5.74, 6) is 1.45. The van der Waals surface area contributed by atoms with Crippen molar-refractivity contribution in [2.75, 3.05) is 11.9 Å². The zero-order valence-corrected chi connectivity index (χ0v) is 12.7. The number of imidazole rings is 1. The van der Waals surface area contributed by atoms with Gasteiger partial charge in [0.25, 0.3) is 0 Å². The van der Waals surface area contributed by atoms with E-state index < -0.39 is 0 Å². The van der Waals surface area contributed by atoms with E-state index in [0.29, 0.717) is 11.5 Å². The number of aromatic amines is 1. The molecule has 0 spiro atoms. The predicted molar refractivity (Wildman–Crippen MR) is 82.1 cm³/mol. The summed E-state index contributed by atoms with van der Waals surface area (Å²) in [4.78, 5) is 16.6. The van der Waals surface area contributed by atoms with Gasteiger partial charge in [0.2, 0.25) is 0 Å². The lowest BCUT2D eigenvalue weighted by molar-refractivity contribution is 0.731. The molecule has 3 aromatic rings. The van der Waals surface area contributed by atoms with Gasteiger partial charge in [-0.1, -0.05) is 6.92 Å². The number of H-pyrrole nitrogens is 1. The third-order valence-corrected chi connectivity index (χ3v) is 3.56. The molecule has 21 heavy (non-hydrogen) atoms. The van der Waals surface area contributed by atoms with E-state index in [9.17, 15) is 0 Å². The minimum atomic E-state index is 0.663. The fraction of sp³-hybridized carbons (Fsp3) is 0.429. The maximum atomic E-state index is 4.67.